The molecule has 0 aliphatic rings. The van der Waals surface area contributed by atoms with E-state index >= 15 is 0 Å². The van der Waals surface area contributed by atoms with Crippen LogP contribution in [0.25, 0.3) is 6.08 Å². The number of carbonyl (C=O) groups is 1. The van der Waals surface area contributed by atoms with Gasteiger partial charge in [-0.1, -0.05) is 50.1 Å². The molecule has 0 aromatic heterocycles. The van der Waals surface area contributed by atoms with Crippen LogP contribution in [0.4, 0.5) is 5.69 Å². The summed E-state index contributed by atoms with van der Waals surface area (Å²) in [5, 5.41) is 10.7. The van der Waals surface area contributed by atoms with E-state index in [-0.39, 0.29) is 5.78 Å². The number of hydrogen-bond donors (Lipinski definition) is 1. The van der Waals surface area contributed by atoms with Crippen molar-refractivity contribution < 1.29 is 13.2 Å². The number of nitrogens with zero attached hydrogens (tertiary/aromatic N) is 2. The zero-order valence-electron chi connectivity index (χ0n) is 19.4. The van der Waals surface area contributed by atoms with E-state index in [1.165, 1.54) is 5.41 Å². The highest BCUT2D eigenvalue weighted by Gasteiger charge is 2.15. The predicted octanol–water partition coefficient (Wildman–Crippen LogP) is 5.57. The molecule has 0 radical (unpaired) electrons. The van der Waals surface area contributed by atoms with E-state index in [1.807, 2.05) is 31.7 Å². The van der Waals surface area contributed by atoms with Gasteiger partial charge in [0, 0.05) is 35.3 Å². The summed E-state index contributed by atoms with van der Waals surface area (Å²) in [6.07, 6.45) is 6.01. The lowest BCUT2D eigenvalue weighted by atomic mass is 9.97. The highest BCUT2D eigenvalue weighted by molar-refractivity contribution is 7.95. The van der Waals surface area contributed by atoms with Crippen LogP contribution < -0.4 is 4.72 Å². The predicted molar refractivity (Wildman–Crippen MR) is 134 cm³/mol. The Hall–Kier alpha value is -3.37. The average Bonchev–Trinajstić information content (AvgIpc) is 2.82. The Morgan fingerprint density at radius 2 is 1.73 bits per heavy atom. The third kappa shape index (κ3) is 7.62. The first-order valence-electron chi connectivity index (χ1n) is 11.1. The number of anilines is 1. The van der Waals surface area contributed by atoms with E-state index in [4.69, 9.17) is 0 Å². The number of nitrogens with one attached hydrogen (secondary N) is 1. The molecule has 0 spiro atoms. The van der Waals surface area contributed by atoms with Gasteiger partial charge in [0.15, 0.2) is 5.78 Å². The molecule has 0 atom stereocenters. The molecular formula is C26H31N3O3S. The molecule has 2 aromatic carbocycles. The van der Waals surface area contributed by atoms with Crippen LogP contribution in [-0.4, -0.2) is 32.2 Å². The van der Waals surface area contributed by atoms with Crippen molar-refractivity contribution in [3.05, 3.63) is 82.4 Å². The van der Waals surface area contributed by atoms with E-state index in [1.54, 1.807) is 54.6 Å². The molecule has 1 N–H and O–H groups in total. The molecule has 7 heteroatoms. The van der Waals surface area contributed by atoms with E-state index in [0.29, 0.717) is 47.6 Å². The smallest absolute Gasteiger partial charge is 0.254 e. The van der Waals surface area contributed by atoms with Crippen molar-refractivity contribution in [2.45, 2.75) is 40.0 Å². The number of nitriles is 1. The van der Waals surface area contributed by atoms with Crippen LogP contribution in [0.1, 0.15) is 61.5 Å². The van der Waals surface area contributed by atoms with Crippen LogP contribution in [0.3, 0.4) is 0 Å². The first kappa shape index (κ1) is 25.9. The van der Waals surface area contributed by atoms with Crippen molar-refractivity contribution in [2.24, 2.45) is 0 Å². The second-order valence-corrected chi connectivity index (χ2v) is 9.03. The summed E-state index contributed by atoms with van der Waals surface area (Å²) < 4.78 is 26.9. The Kier molecular flexibility index (Phi) is 9.89. The van der Waals surface area contributed by atoms with E-state index in [2.05, 4.69) is 10.8 Å². The molecule has 0 saturated heterocycles. The van der Waals surface area contributed by atoms with Crippen molar-refractivity contribution in [1.29, 1.82) is 5.26 Å². The Morgan fingerprint density at radius 3 is 2.33 bits per heavy atom. The van der Waals surface area contributed by atoms with Crippen molar-refractivity contribution >= 4 is 27.6 Å². The first-order chi connectivity index (χ1) is 15.8. The quantitative estimate of drug-likeness (QED) is 0.251. The molecule has 0 heterocycles. The van der Waals surface area contributed by atoms with Crippen molar-refractivity contribution in [3.63, 3.8) is 0 Å². The fourth-order valence-electron chi connectivity index (χ4n) is 3.30. The summed E-state index contributed by atoms with van der Waals surface area (Å²) in [6, 6.07) is 15.7. The molecule has 2 aromatic rings. The van der Waals surface area contributed by atoms with E-state index in [9.17, 15) is 18.5 Å². The number of rotatable bonds is 12. The van der Waals surface area contributed by atoms with Gasteiger partial charge < -0.3 is 4.90 Å². The SMILES string of the molecule is CCCCC=CS(=O)(=O)Nc1ccc(C(=O)c2ccccc2C=C(C#N)N(CC)CC)cc1. The van der Waals surface area contributed by atoms with Gasteiger partial charge in [-0.3, -0.25) is 9.52 Å². The minimum Gasteiger partial charge on any atom is -0.364 e. The minimum atomic E-state index is -3.60. The van der Waals surface area contributed by atoms with Crippen LogP contribution in [0.15, 0.2) is 65.7 Å². The van der Waals surface area contributed by atoms with Gasteiger partial charge in [0.25, 0.3) is 10.0 Å². The number of benzene rings is 2. The van der Waals surface area contributed by atoms with Gasteiger partial charge in [-0.25, -0.2) is 8.42 Å². The second-order valence-electron chi connectivity index (χ2n) is 7.47. The fraction of sp³-hybridized carbons (Fsp3) is 0.308. The molecule has 0 saturated carbocycles. The molecular weight excluding hydrogens is 434 g/mol. The largest absolute Gasteiger partial charge is 0.364 e. The maximum atomic E-state index is 13.2. The summed E-state index contributed by atoms with van der Waals surface area (Å²) >= 11 is 0. The molecule has 33 heavy (non-hydrogen) atoms. The molecule has 6 nitrogen and oxygen atoms in total. The van der Waals surface area contributed by atoms with Crippen molar-refractivity contribution in [1.82, 2.24) is 4.90 Å². The highest BCUT2D eigenvalue weighted by Crippen LogP contribution is 2.20. The van der Waals surface area contributed by atoms with Crippen LogP contribution >= 0.6 is 0 Å². The molecule has 174 valence electrons. The number of hydrogen-bond acceptors (Lipinski definition) is 5. The summed E-state index contributed by atoms with van der Waals surface area (Å²) in [7, 11) is -3.60. The number of sulfonamides is 1. The Bertz CT molecular complexity index is 1140. The molecule has 0 bridgehead atoms. The standard InChI is InChI=1S/C26H31N3O3S/c1-4-7-8-11-18-33(31,32)28-23-16-14-21(15-17-23)26(30)25-13-10-9-12-22(25)19-24(20-27)29(5-2)6-3/h9-19,28H,4-8H2,1-3H3. The lowest BCUT2D eigenvalue weighted by molar-refractivity contribution is 0.103. The van der Waals surface area contributed by atoms with E-state index in [0.717, 1.165) is 12.8 Å². The minimum absolute atomic E-state index is 0.201. The lowest BCUT2D eigenvalue weighted by Crippen LogP contribution is -2.21. The summed E-state index contributed by atoms with van der Waals surface area (Å²) in [5.41, 5.74) is 2.45. The van der Waals surface area contributed by atoms with Crippen molar-refractivity contribution in [2.75, 3.05) is 17.8 Å². The Balaban J connectivity index is 2.25. The van der Waals surface area contributed by atoms with Crippen LogP contribution in [0.5, 0.6) is 0 Å². The number of ketones is 1. The molecule has 0 fully saturated rings. The summed E-state index contributed by atoms with van der Waals surface area (Å²) in [4.78, 5) is 15.1. The summed E-state index contributed by atoms with van der Waals surface area (Å²) in [5.74, 6) is -0.201. The van der Waals surface area contributed by atoms with Gasteiger partial charge in [0.2, 0.25) is 0 Å². The molecule has 0 unspecified atom stereocenters. The van der Waals surface area contributed by atoms with Gasteiger partial charge in [-0.05, 0) is 56.2 Å². The van der Waals surface area contributed by atoms with Gasteiger partial charge in [-0.15, -0.1) is 0 Å². The van der Waals surface area contributed by atoms with Crippen LogP contribution in [0.2, 0.25) is 0 Å². The lowest BCUT2D eigenvalue weighted by Gasteiger charge is -2.19. The Labute approximate surface area is 197 Å². The fourth-order valence-corrected chi connectivity index (χ4v) is 4.22. The van der Waals surface area contributed by atoms with Crippen LogP contribution in [-0.2, 0) is 10.0 Å². The normalized spacial score (nSPS) is 11.9. The van der Waals surface area contributed by atoms with E-state index < -0.39 is 10.0 Å². The molecule has 0 aliphatic heterocycles. The number of carbonyl (C=O) groups excluding carboxylic acids is 1. The van der Waals surface area contributed by atoms with Gasteiger partial charge in [-0.2, -0.15) is 5.26 Å². The third-order valence-corrected chi connectivity index (χ3v) is 6.19. The monoisotopic (exact) mass is 465 g/mol. The maximum absolute atomic E-state index is 13.2. The first-order valence-corrected chi connectivity index (χ1v) is 12.7. The molecule has 0 aliphatic carbocycles. The highest BCUT2D eigenvalue weighted by atomic mass is 32.2. The summed E-state index contributed by atoms with van der Waals surface area (Å²) in [6.45, 7) is 7.38. The van der Waals surface area contributed by atoms with Crippen molar-refractivity contribution in [3.8, 4) is 6.07 Å². The average molecular weight is 466 g/mol. The maximum Gasteiger partial charge on any atom is 0.254 e. The zero-order chi connectivity index (χ0) is 24.3. The van der Waals surface area contributed by atoms with Gasteiger partial charge in [0.05, 0.1) is 0 Å². The molecule has 2 rings (SSSR count). The van der Waals surface area contributed by atoms with Gasteiger partial charge in [0.1, 0.15) is 11.8 Å². The number of allylic oxidation sites excluding steroid dienone is 2. The topological polar surface area (TPSA) is 90.3 Å². The second kappa shape index (κ2) is 12.6. The Morgan fingerprint density at radius 1 is 1.06 bits per heavy atom. The van der Waals surface area contributed by atoms with Crippen LogP contribution in [0, 0.1) is 11.3 Å². The molecule has 0 amide bonds. The van der Waals surface area contributed by atoms with Gasteiger partial charge >= 0.3 is 0 Å². The number of unbranched alkanes of at least 4 members (excludes halogenated alkanes) is 2. The zero-order valence-corrected chi connectivity index (χ0v) is 20.2. The third-order valence-electron chi connectivity index (χ3n) is 5.12.